The van der Waals surface area contributed by atoms with E-state index >= 15 is 0 Å². The van der Waals surface area contributed by atoms with Gasteiger partial charge < -0.3 is 30.2 Å². The number of ether oxygens (including phenoxy) is 3. The van der Waals surface area contributed by atoms with E-state index in [2.05, 4.69) is 29.8 Å². The Labute approximate surface area is 222 Å². The molecule has 1 aromatic rings. The first-order valence-electron chi connectivity index (χ1n) is 13.2. The van der Waals surface area contributed by atoms with Crippen molar-refractivity contribution in [1.29, 1.82) is 0 Å². The summed E-state index contributed by atoms with van der Waals surface area (Å²) in [5, 5.41) is 8.33. The molecular formula is C28H47N3O6. The second kappa shape index (κ2) is 16.2. The molecule has 0 heterocycles. The number of carbonyl (C=O) groups excluding carboxylic acids is 3. The van der Waals surface area contributed by atoms with Gasteiger partial charge in [0.2, 0.25) is 11.8 Å². The Bertz CT molecular complexity index is 818. The molecule has 0 aliphatic carbocycles. The van der Waals surface area contributed by atoms with E-state index in [-0.39, 0.29) is 36.6 Å². The van der Waals surface area contributed by atoms with E-state index in [0.29, 0.717) is 6.42 Å². The number of hydrogen-bond acceptors (Lipinski definition) is 6. The van der Waals surface area contributed by atoms with Crippen LogP contribution >= 0.6 is 0 Å². The quantitative estimate of drug-likeness (QED) is 0.299. The number of amides is 3. The average Bonchev–Trinajstić information content (AvgIpc) is 2.79. The van der Waals surface area contributed by atoms with E-state index in [0.717, 1.165) is 5.56 Å². The van der Waals surface area contributed by atoms with Crippen molar-refractivity contribution < 1.29 is 28.6 Å². The third-order valence-corrected chi connectivity index (χ3v) is 5.38. The molecule has 0 saturated carbocycles. The number of carbonyl (C=O) groups is 3. The summed E-state index contributed by atoms with van der Waals surface area (Å²) in [6, 6.07) is 7.15. The van der Waals surface area contributed by atoms with Crippen LogP contribution in [-0.4, -0.2) is 54.5 Å². The molecule has 0 radical (unpaired) electrons. The van der Waals surface area contributed by atoms with Gasteiger partial charge in [-0.05, 0) is 58.4 Å². The molecule has 37 heavy (non-hydrogen) atoms. The van der Waals surface area contributed by atoms with Crippen molar-refractivity contribution in [3.8, 4) is 0 Å². The van der Waals surface area contributed by atoms with Gasteiger partial charge in [0.15, 0.2) is 6.29 Å². The number of nitrogens with one attached hydrogen (secondary N) is 3. The van der Waals surface area contributed by atoms with Gasteiger partial charge in [0.25, 0.3) is 0 Å². The zero-order valence-corrected chi connectivity index (χ0v) is 23.9. The molecule has 0 aliphatic rings. The lowest BCUT2D eigenvalue weighted by Gasteiger charge is -2.33. The van der Waals surface area contributed by atoms with Crippen LogP contribution in [0.2, 0.25) is 0 Å². The van der Waals surface area contributed by atoms with Crippen LogP contribution in [0.15, 0.2) is 30.3 Å². The molecule has 1 aromatic carbocycles. The van der Waals surface area contributed by atoms with Gasteiger partial charge in [0.05, 0.1) is 18.2 Å². The molecule has 9 nitrogen and oxygen atoms in total. The van der Waals surface area contributed by atoms with Gasteiger partial charge in [0.1, 0.15) is 18.7 Å². The van der Waals surface area contributed by atoms with Crippen molar-refractivity contribution in [1.82, 2.24) is 16.0 Å². The molecule has 0 fully saturated rings. The van der Waals surface area contributed by atoms with Crippen molar-refractivity contribution in [2.75, 3.05) is 0 Å². The van der Waals surface area contributed by atoms with Crippen LogP contribution in [0.5, 0.6) is 0 Å². The fourth-order valence-electron chi connectivity index (χ4n) is 3.61. The Morgan fingerprint density at radius 1 is 0.757 bits per heavy atom. The minimum atomic E-state index is -0.869. The van der Waals surface area contributed by atoms with Crippen LogP contribution in [-0.2, 0) is 30.4 Å². The second-order valence-electron chi connectivity index (χ2n) is 10.6. The molecule has 3 atom stereocenters. The molecule has 0 aromatic heterocycles. The molecule has 9 heteroatoms. The van der Waals surface area contributed by atoms with Crippen LogP contribution in [0.4, 0.5) is 4.79 Å². The average molecular weight is 522 g/mol. The highest BCUT2D eigenvalue weighted by Crippen LogP contribution is 2.16. The highest BCUT2D eigenvalue weighted by atomic mass is 16.7. The minimum absolute atomic E-state index is 0.0905. The lowest BCUT2D eigenvalue weighted by Crippen LogP contribution is -2.57. The van der Waals surface area contributed by atoms with Gasteiger partial charge in [-0.1, -0.05) is 58.0 Å². The number of hydrogen-bond donors (Lipinski definition) is 3. The van der Waals surface area contributed by atoms with E-state index in [4.69, 9.17) is 14.2 Å². The highest BCUT2D eigenvalue weighted by molar-refractivity contribution is 5.91. The van der Waals surface area contributed by atoms with Gasteiger partial charge in [-0.25, -0.2) is 4.79 Å². The van der Waals surface area contributed by atoms with Crippen molar-refractivity contribution >= 4 is 17.9 Å². The second-order valence-corrected chi connectivity index (χ2v) is 10.6. The first-order valence-corrected chi connectivity index (χ1v) is 13.2. The monoisotopic (exact) mass is 521 g/mol. The van der Waals surface area contributed by atoms with E-state index < -0.39 is 36.4 Å². The Morgan fingerprint density at radius 2 is 1.32 bits per heavy atom. The predicted molar refractivity (Wildman–Crippen MR) is 144 cm³/mol. The maximum atomic E-state index is 13.1. The highest BCUT2D eigenvalue weighted by Gasteiger charge is 2.31. The maximum Gasteiger partial charge on any atom is 0.408 e. The Balaban J connectivity index is 2.80. The number of rotatable bonds is 15. The van der Waals surface area contributed by atoms with E-state index in [1.165, 1.54) is 0 Å². The molecule has 3 amide bonds. The Hall–Kier alpha value is -2.65. The normalized spacial score (nSPS) is 14.1. The molecular weight excluding hydrogens is 474 g/mol. The summed E-state index contributed by atoms with van der Waals surface area (Å²) in [5.41, 5.74) is 0.839. The van der Waals surface area contributed by atoms with Gasteiger partial charge in [-0.15, -0.1) is 0 Å². The van der Waals surface area contributed by atoms with Gasteiger partial charge in [-0.2, -0.15) is 0 Å². The first-order chi connectivity index (χ1) is 17.3. The first kappa shape index (κ1) is 32.4. The van der Waals surface area contributed by atoms with Crippen molar-refractivity contribution in [2.45, 2.75) is 112 Å². The van der Waals surface area contributed by atoms with Gasteiger partial charge in [-0.3, -0.25) is 9.59 Å². The zero-order valence-electron chi connectivity index (χ0n) is 23.9. The van der Waals surface area contributed by atoms with E-state index in [1.54, 1.807) is 6.92 Å². The molecule has 0 saturated heterocycles. The summed E-state index contributed by atoms with van der Waals surface area (Å²) < 4.78 is 17.2. The standard InChI is InChI=1S/C28H47N3O6/c1-17(2)15-23(27(36-19(5)6)37-20(7)8)30-25(32)21(9)29-26(33)24(18(3)4)31-28(34)35-16-22-13-11-10-12-14-22/h10-14,17-21,23-24,27H,15-16H2,1-9H3,(H,29,33)(H,30,32)(H,31,34)/t21-,23?,24-/m0/s1. The van der Waals surface area contributed by atoms with Crippen LogP contribution in [0.3, 0.4) is 0 Å². The fourth-order valence-corrected chi connectivity index (χ4v) is 3.61. The molecule has 210 valence electrons. The smallest absolute Gasteiger partial charge is 0.408 e. The van der Waals surface area contributed by atoms with Crippen LogP contribution in [0.25, 0.3) is 0 Å². The topological polar surface area (TPSA) is 115 Å². The summed E-state index contributed by atoms with van der Waals surface area (Å²) in [7, 11) is 0. The summed E-state index contributed by atoms with van der Waals surface area (Å²) >= 11 is 0. The predicted octanol–water partition coefficient (Wildman–Crippen LogP) is 4.15. The SMILES string of the molecule is CC(C)CC(NC(=O)[C@H](C)NC(=O)[C@@H](NC(=O)OCc1ccccc1)C(C)C)C(OC(C)C)OC(C)C. The van der Waals surface area contributed by atoms with Crippen molar-refractivity contribution in [2.24, 2.45) is 11.8 Å². The van der Waals surface area contributed by atoms with Crippen molar-refractivity contribution in [3.05, 3.63) is 35.9 Å². The molecule has 0 spiro atoms. The van der Waals surface area contributed by atoms with Crippen LogP contribution < -0.4 is 16.0 Å². The summed E-state index contributed by atoms with van der Waals surface area (Å²) in [6.07, 6.45) is -0.871. The van der Waals surface area contributed by atoms with Gasteiger partial charge in [0, 0.05) is 0 Å². The molecule has 1 unspecified atom stereocenters. The zero-order chi connectivity index (χ0) is 28.1. The van der Waals surface area contributed by atoms with Gasteiger partial charge >= 0.3 is 6.09 Å². The number of alkyl carbamates (subject to hydrolysis) is 1. The van der Waals surface area contributed by atoms with E-state index in [9.17, 15) is 14.4 Å². The summed E-state index contributed by atoms with van der Waals surface area (Å²) in [5.74, 6) is -0.780. The van der Waals surface area contributed by atoms with Crippen LogP contribution in [0, 0.1) is 11.8 Å². The summed E-state index contributed by atoms with van der Waals surface area (Å²) in [6.45, 7) is 17.1. The Kier molecular flexibility index (Phi) is 14.2. The molecule has 1 rings (SSSR count). The largest absolute Gasteiger partial charge is 0.445 e. The van der Waals surface area contributed by atoms with Crippen molar-refractivity contribution in [3.63, 3.8) is 0 Å². The fraction of sp³-hybridized carbons (Fsp3) is 0.679. The lowest BCUT2D eigenvalue weighted by molar-refractivity contribution is -0.198. The van der Waals surface area contributed by atoms with Crippen LogP contribution in [0.1, 0.15) is 74.3 Å². The molecule has 3 N–H and O–H groups in total. The Morgan fingerprint density at radius 3 is 1.81 bits per heavy atom. The van der Waals surface area contributed by atoms with E-state index in [1.807, 2.05) is 71.9 Å². The third-order valence-electron chi connectivity index (χ3n) is 5.38. The minimum Gasteiger partial charge on any atom is -0.445 e. The lowest BCUT2D eigenvalue weighted by atomic mass is 10.0. The molecule has 0 bridgehead atoms. The molecule has 0 aliphatic heterocycles. The summed E-state index contributed by atoms with van der Waals surface area (Å²) in [4.78, 5) is 38.4. The third kappa shape index (κ3) is 12.9. The number of benzene rings is 1. The maximum absolute atomic E-state index is 13.1.